The number of hydrogen-bond donors (Lipinski definition) is 1. The predicted octanol–water partition coefficient (Wildman–Crippen LogP) is 2.87. The van der Waals surface area contributed by atoms with Crippen molar-refractivity contribution in [3.8, 4) is 5.75 Å². The number of nitrogens with two attached hydrogens (primary N) is 1. The van der Waals surface area contributed by atoms with Crippen molar-refractivity contribution in [2.75, 3.05) is 6.61 Å². The first-order valence-corrected chi connectivity index (χ1v) is 5.32. The van der Waals surface area contributed by atoms with Gasteiger partial charge >= 0.3 is 0 Å². The molecule has 7 heteroatoms. The quantitative estimate of drug-likeness (QED) is 0.868. The van der Waals surface area contributed by atoms with Crippen molar-refractivity contribution in [2.45, 2.75) is 6.43 Å². The van der Waals surface area contributed by atoms with Gasteiger partial charge in [0.2, 0.25) is 0 Å². The van der Waals surface area contributed by atoms with Gasteiger partial charge in [-0.1, -0.05) is 12.2 Å². The third-order valence-corrected chi connectivity index (χ3v) is 2.67. The van der Waals surface area contributed by atoms with Gasteiger partial charge in [0, 0.05) is 5.56 Å². The van der Waals surface area contributed by atoms with E-state index in [2.05, 4.69) is 32.9 Å². The monoisotopic (exact) mass is 313 g/mol. The summed E-state index contributed by atoms with van der Waals surface area (Å²) in [6, 6.07) is 2.60. The fraction of sp³-hybridized carbons (Fsp3) is 0.222. The van der Waals surface area contributed by atoms with Gasteiger partial charge in [0.25, 0.3) is 6.43 Å². The summed E-state index contributed by atoms with van der Waals surface area (Å²) in [5, 5.41) is 0. The van der Waals surface area contributed by atoms with Crippen LogP contribution in [0.1, 0.15) is 5.56 Å². The van der Waals surface area contributed by atoms with Crippen LogP contribution >= 0.6 is 28.1 Å². The third-order valence-electron chi connectivity index (χ3n) is 1.68. The molecular weight excluding hydrogens is 307 g/mol. The van der Waals surface area contributed by atoms with Crippen LogP contribution in [-0.4, -0.2) is 18.0 Å². The molecule has 0 bridgehead atoms. The molecule has 1 aromatic carbocycles. The van der Waals surface area contributed by atoms with Gasteiger partial charge in [-0.05, 0) is 28.1 Å². The second kappa shape index (κ2) is 5.49. The van der Waals surface area contributed by atoms with E-state index < -0.39 is 18.8 Å². The number of halogens is 4. The summed E-state index contributed by atoms with van der Waals surface area (Å²) in [7, 11) is 0. The fourth-order valence-corrected chi connectivity index (χ4v) is 1.83. The zero-order valence-corrected chi connectivity index (χ0v) is 10.2. The number of ether oxygens (including phenoxy) is 1. The molecule has 2 N–H and O–H groups in total. The maximum Gasteiger partial charge on any atom is 0.272 e. The first kappa shape index (κ1) is 13.2. The Morgan fingerprint density at radius 1 is 1.50 bits per heavy atom. The number of benzene rings is 1. The van der Waals surface area contributed by atoms with Crippen molar-refractivity contribution in [1.29, 1.82) is 0 Å². The molecule has 0 saturated carbocycles. The van der Waals surface area contributed by atoms with E-state index in [9.17, 15) is 13.2 Å². The van der Waals surface area contributed by atoms with Crippen LogP contribution in [0.5, 0.6) is 5.75 Å². The summed E-state index contributed by atoms with van der Waals surface area (Å²) < 4.78 is 41.8. The Bertz CT molecular complexity index is 414. The maximum atomic E-state index is 13.5. The summed E-state index contributed by atoms with van der Waals surface area (Å²) in [6.45, 7) is -0.865. The zero-order valence-electron chi connectivity index (χ0n) is 7.84. The average Bonchev–Trinajstić information content (AvgIpc) is 2.19. The Hall–Kier alpha value is -0.820. The Morgan fingerprint density at radius 2 is 2.12 bits per heavy atom. The van der Waals surface area contributed by atoms with Crippen molar-refractivity contribution in [1.82, 2.24) is 0 Å². The van der Waals surface area contributed by atoms with Crippen molar-refractivity contribution >= 4 is 33.1 Å². The highest BCUT2D eigenvalue weighted by Gasteiger charge is 2.15. The first-order chi connectivity index (χ1) is 7.43. The minimum absolute atomic E-state index is 0.00573. The van der Waals surface area contributed by atoms with E-state index in [4.69, 9.17) is 5.73 Å². The van der Waals surface area contributed by atoms with E-state index in [1.54, 1.807) is 0 Å². The van der Waals surface area contributed by atoms with Gasteiger partial charge in [-0.2, -0.15) is 0 Å². The molecule has 1 rings (SSSR count). The largest absolute Gasteiger partial charge is 0.485 e. The molecule has 0 spiro atoms. The third kappa shape index (κ3) is 3.08. The van der Waals surface area contributed by atoms with Gasteiger partial charge in [0.1, 0.15) is 11.6 Å². The van der Waals surface area contributed by atoms with Crippen molar-refractivity contribution < 1.29 is 17.9 Å². The second-order valence-electron chi connectivity index (χ2n) is 2.81. The van der Waals surface area contributed by atoms with Crippen LogP contribution in [-0.2, 0) is 0 Å². The van der Waals surface area contributed by atoms with E-state index in [1.807, 2.05) is 0 Å². The lowest BCUT2D eigenvalue weighted by Crippen LogP contribution is -2.12. The molecular formula is C9H7BrF3NOS. The molecule has 0 radical (unpaired) electrons. The molecule has 0 amide bonds. The minimum Gasteiger partial charge on any atom is -0.485 e. The van der Waals surface area contributed by atoms with Gasteiger partial charge in [-0.25, -0.2) is 13.2 Å². The van der Waals surface area contributed by atoms with Crippen LogP contribution in [0.25, 0.3) is 0 Å². The van der Waals surface area contributed by atoms with E-state index in [-0.39, 0.29) is 20.8 Å². The van der Waals surface area contributed by atoms with E-state index >= 15 is 0 Å². The van der Waals surface area contributed by atoms with Crippen LogP contribution in [0.2, 0.25) is 0 Å². The topological polar surface area (TPSA) is 35.2 Å². The Labute approximate surface area is 104 Å². The molecule has 16 heavy (non-hydrogen) atoms. The molecule has 88 valence electrons. The molecule has 0 aromatic heterocycles. The highest BCUT2D eigenvalue weighted by atomic mass is 79.9. The SMILES string of the molecule is NC(=S)c1ccc(OCC(F)F)c(F)c1Br. The Morgan fingerprint density at radius 3 is 2.62 bits per heavy atom. The number of hydrogen-bond acceptors (Lipinski definition) is 2. The van der Waals surface area contributed by atoms with Crippen molar-refractivity contribution in [3.05, 3.63) is 28.0 Å². The molecule has 0 fully saturated rings. The molecule has 0 heterocycles. The van der Waals surface area contributed by atoms with Crippen molar-refractivity contribution in [3.63, 3.8) is 0 Å². The van der Waals surface area contributed by atoms with Gasteiger partial charge in [-0.15, -0.1) is 0 Å². The maximum absolute atomic E-state index is 13.5. The first-order valence-electron chi connectivity index (χ1n) is 4.12. The van der Waals surface area contributed by atoms with Gasteiger partial charge in [0.05, 0.1) is 4.47 Å². The lowest BCUT2D eigenvalue weighted by Gasteiger charge is -2.10. The number of alkyl halides is 2. The minimum atomic E-state index is -2.66. The van der Waals surface area contributed by atoms with Crippen LogP contribution < -0.4 is 10.5 Å². The van der Waals surface area contributed by atoms with Crippen LogP contribution in [0.4, 0.5) is 13.2 Å². The smallest absolute Gasteiger partial charge is 0.272 e. The van der Waals surface area contributed by atoms with Crippen LogP contribution in [0.3, 0.4) is 0 Å². The van der Waals surface area contributed by atoms with E-state index in [1.165, 1.54) is 12.1 Å². The lowest BCUT2D eigenvalue weighted by atomic mass is 10.2. The molecule has 2 nitrogen and oxygen atoms in total. The molecule has 0 unspecified atom stereocenters. The molecule has 1 aromatic rings. The van der Waals surface area contributed by atoms with Gasteiger partial charge in [-0.3, -0.25) is 0 Å². The summed E-state index contributed by atoms with van der Waals surface area (Å²) in [6.07, 6.45) is -2.66. The molecule has 0 aliphatic rings. The fourth-order valence-electron chi connectivity index (χ4n) is 0.986. The normalized spacial score (nSPS) is 10.6. The predicted molar refractivity (Wildman–Crippen MR) is 61.5 cm³/mol. The molecule has 0 atom stereocenters. The van der Waals surface area contributed by atoms with E-state index in [0.717, 1.165) is 0 Å². The van der Waals surface area contributed by atoms with Gasteiger partial charge < -0.3 is 10.5 Å². The van der Waals surface area contributed by atoms with Gasteiger partial charge in [0.15, 0.2) is 11.6 Å². The summed E-state index contributed by atoms with van der Waals surface area (Å²) in [5.41, 5.74) is 5.62. The standard InChI is InChI=1S/C9H7BrF3NOS/c10-7-4(9(14)16)1-2-5(8(7)13)15-3-6(11)12/h1-2,6H,3H2,(H2,14,16). The molecule has 0 aliphatic heterocycles. The van der Waals surface area contributed by atoms with E-state index in [0.29, 0.717) is 0 Å². The zero-order chi connectivity index (χ0) is 12.3. The highest BCUT2D eigenvalue weighted by Crippen LogP contribution is 2.28. The Kier molecular flexibility index (Phi) is 4.55. The average molecular weight is 314 g/mol. The summed E-state index contributed by atoms with van der Waals surface area (Å²) >= 11 is 7.61. The Balaban J connectivity index is 2.98. The summed E-state index contributed by atoms with van der Waals surface area (Å²) in [5.74, 6) is -1.07. The molecule has 0 aliphatic carbocycles. The van der Waals surface area contributed by atoms with Crippen molar-refractivity contribution in [2.24, 2.45) is 5.73 Å². The lowest BCUT2D eigenvalue weighted by molar-refractivity contribution is 0.0798. The van der Waals surface area contributed by atoms with Crippen LogP contribution in [0.15, 0.2) is 16.6 Å². The molecule has 0 saturated heterocycles. The summed E-state index contributed by atoms with van der Waals surface area (Å²) in [4.78, 5) is 0.00573. The van der Waals surface area contributed by atoms with Crippen LogP contribution in [0, 0.1) is 5.82 Å². The number of thiocarbonyl (C=S) groups is 1. The number of rotatable bonds is 4. The highest BCUT2D eigenvalue weighted by molar-refractivity contribution is 9.10. The second-order valence-corrected chi connectivity index (χ2v) is 4.04.